The highest BCUT2D eigenvalue weighted by molar-refractivity contribution is 8.00. The van der Waals surface area contributed by atoms with Crippen molar-refractivity contribution in [2.24, 2.45) is 0 Å². The Balaban J connectivity index is 1.86. The zero-order valence-corrected chi connectivity index (χ0v) is 14.7. The van der Waals surface area contributed by atoms with Crippen molar-refractivity contribution in [3.8, 4) is 0 Å². The largest absolute Gasteiger partial charge is 0.360 e. The van der Waals surface area contributed by atoms with Crippen molar-refractivity contribution in [3.63, 3.8) is 0 Å². The summed E-state index contributed by atoms with van der Waals surface area (Å²) < 4.78 is 0. The summed E-state index contributed by atoms with van der Waals surface area (Å²) in [5.74, 6) is 0.112. The molecule has 0 saturated carbocycles. The van der Waals surface area contributed by atoms with Crippen LogP contribution in [-0.2, 0) is 4.79 Å². The number of carbonyl (C=O) groups excluding carboxylic acids is 1. The molecule has 1 aromatic rings. The van der Waals surface area contributed by atoms with Gasteiger partial charge in [0.1, 0.15) is 0 Å². The molecule has 2 rings (SSSR count). The summed E-state index contributed by atoms with van der Waals surface area (Å²) in [7, 11) is 0. The fourth-order valence-corrected chi connectivity index (χ4v) is 3.92. The average Bonchev–Trinajstić information content (AvgIpc) is 2.51. The molecular weight excluding hydrogens is 294 g/mol. The van der Waals surface area contributed by atoms with Crippen molar-refractivity contribution >= 4 is 23.4 Å². The Kier molecular flexibility index (Phi) is 6.58. The van der Waals surface area contributed by atoms with Crippen LogP contribution >= 0.6 is 11.8 Å². The quantitative estimate of drug-likeness (QED) is 0.837. The van der Waals surface area contributed by atoms with Gasteiger partial charge >= 0.3 is 0 Å². The predicted molar refractivity (Wildman–Crippen MR) is 94.8 cm³/mol. The molecule has 0 fully saturated rings. The van der Waals surface area contributed by atoms with E-state index in [4.69, 9.17) is 0 Å². The van der Waals surface area contributed by atoms with Gasteiger partial charge in [-0.25, -0.2) is 0 Å². The zero-order chi connectivity index (χ0) is 15.9. The maximum Gasteiger partial charge on any atom is 0.239 e. The molecule has 1 aromatic carbocycles. The number of rotatable bonds is 7. The minimum absolute atomic E-state index is 0.112. The van der Waals surface area contributed by atoms with E-state index in [9.17, 15) is 4.79 Å². The molecule has 1 heterocycles. The first-order chi connectivity index (χ1) is 10.6. The van der Waals surface area contributed by atoms with E-state index >= 15 is 0 Å². The van der Waals surface area contributed by atoms with Crippen LogP contribution in [0.25, 0.3) is 0 Å². The van der Waals surface area contributed by atoms with Crippen molar-refractivity contribution in [3.05, 3.63) is 24.3 Å². The lowest BCUT2D eigenvalue weighted by molar-refractivity contribution is -0.119. The summed E-state index contributed by atoms with van der Waals surface area (Å²) in [6.07, 6.45) is 0. The number of thioether (sulfide) groups is 1. The SMILES string of the molecule is CCN(CC)CCNC(=O)CN1CC(C)Sc2ccccc21. The van der Waals surface area contributed by atoms with E-state index < -0.39 is 0 Å². The monoisotopic (exact) mass is 321 g/mol. The fourth-order valence-electron chi connectivity index (χ4n) is 2.75. The second-order valence-electron chi connectivity index (χ2n) is 5.65. The van der Waals surface area contributed by atoms with Crippen molar-refractivity contribution in [2.75, 3.05) is 44.2 Å². The second kappa shape index (κ2) is 8.44. The molecule has 0 bridgehead atoms. The first kappa shape index (κ1) is 17.2. The van der Waals surface area contributed by atoms with E-state index in [1.165, 1.54) is 10.6 Å². The van der Waals surface area contributed by atoms with Gasteiger partial charge < -0.3 is 15.1 Å². The third kappa shape index (κ3) is 4.65. The molecular formula is C17H27N3OS. The Bertz CT molecular complexity index is 491. The summed E-state index contributed by atoms with van der Waals surface area (Å²) >= 11 is 1.89. The number of benzene rings is 1. The molecule has 122 valence electrons. The van der Waals surface area contributed by atoms with Crippen LogP contribution in [0.3, 0.4) is 0 Å². The smallest absolute Gasteiger partial charge is 0.239 e. The Hall–Kier alpha value is -1.20. The van der Waals surface area contributed by atoms with Gasteiger partial charge in [0.25, 0.3) is 0 Å². The van der Waals surface area contributed by atoms with Crippen molar-refractivity contribution in [1.82, 2.24) is 10.2 Å². The normalized spacial score (nSPS) is 17.5. The molecule has 0 aliphatic carbocycles. The number of nitrogens with zero attached hydrogens (tertiary/aromatic N) is 2. The van der Waals surface area contributed by atoms with Crippen LogP contribution in [0.1, 0.15) is 20.8 Å². The molecule has 1 aliphatic rings. The molecule has 1 aliphatic heterocycles. The molecule has 0 spiro atoms. The maximum absolute atomic E-state index is 12.2. The molecule has 0 saturated heterocycles. The predicted octanol–water partition coefficient (Wildman–Crippen LogP) is 2.45. The molecule has 1 unspecified atom stereocenters. The number of carbonyl (C=O) groups is 1. The van der Waals surface area contributed by atoms with Crippen LogP contribution in [-0.4, -0.2) is 55.3 Å². The van der Waals surface area contributed by atoms with Crippen LogP contribution in [0.2, 0.25) is 0 Å². The van der Waals surface area contributed by atoms with Gasteiger partial charge in [-0.15, -0.1) is 11.8 Å². The molecule has 5 heteroatoms. The lowest BCUT2D eigenvalue weighted by atomic mass is 10.2. The highest BCUT2D eigenvalue weighted by Gasteiger charge is 2.23. The maximum atomic E-state index is 12.2. The number of amides is 1. The molecule has 0 aromatic heterocycles. The third-order valence-electron chi connectivity index (χ3n) is 3.99. The molecule has 0 radical (unpaired) electrons. The van der Waals surface area contributed by atoms with E-state index in [-0.39, 0.29) is 5.91 Å². The van der Waals surface area contributed by atoms with Crippen LogP contribution < -0.4 is 10.2 Å². The van der Waals surface area contributed by atoms with Crippen molar-refractivity contribution < 1.29 is 4.79 Å². The Morgan fingerprint density at radius 1 is 1.36 bits per heavy atom. The summed E-state index contributed by atoms with van der Waals surface area (Å²) in [4.78, 5) is 18.0. The molecule has 22 heavy (non-hydrogen) atoms. The lowest BCUT2D eigenvalue weighted by Gasteiger charge is -2.33. The van der Waals surface area contributed by atoms with Gasteiger partial charge in [0.05, 0.1) is 12.2 Å². The van der Waals surface area contributed by atoms with E-state index in [2.05, 4.69) is 54.1 Å². The third-order valence-corrected chi connectivity index (χ3v) is 5.14. The van der Waals surface area contributed by atoms with Crippen LogP contribution in [0.5, 0.6) is 0 Å². The van der Waals surface area contributed by atoms with E-state index in [0.29, 0.717) is 11.8 Å². The number of hydrogen-bond donors (Lipinski definition) is 1. The zero-order valence-electron chi connectivity index (χ0n) is 13.8. The summed E-state index contributed by atoms with van der Waals surface area (Å²) in [6, 6.07) is 8.35. The molecule has 1 atom stereocenters. The summed E-state index contributed by atoms with van der Waals surface area (Å²) in [5, 5.41) is 3.56. The summed E-state index contributed by atoms with van der Waals surface area (Å²) in [5.41, 5.74) is 1.18. The van der Waals surface area contributed by atoms with Gasteiger partial charge in [-0.2, -0.15) is 0 Å². The first-order valence-corrected chi connectivity index (χ1v) is 9.01. The van der Waals surface area contributed by atoms with Crippen molar-refractivity contribution in [2.45, 2.75) is 30.9 Å². The van der Waals surface area contributed by atoms with Gasteiger partial charge in [0.2, 0.25) is 5.91 Å². The minimum atomic E-state index is 0.112. The van der Waals surface area contributed by atoms with Gasteiger partial charge in [0.15, 0.2) is 0 Å². The Morgan fingerprint density at radius 3 is 2.82 bits per heavy atom. The number of para-hydroxylation sites is 1. The summed E-state index contributed by atoms with van der Waals surface area (Å²) in [6.45, 7) is 11.6. The fraction of sp³-hybridized carbons (Fsp3) is 0.588. The average molecular weight is 321 g/mol. The van der Waals surface area contributed by atoms with Gasteiger partial charge in [-0.3, -0.25) is 4.79 Å². The number of nitrogens with one attached hydrogen (secondary N) is 1. The number of anilines is 1. The Labute approximate surface area is 138 Å². The van der Waals surface area contributed by atoms with Gasteiger partial charge in [0, 0.05) is 29.8 Å². The molecule has 1 amide bonds. The highest BCUT2D eigenvalue weighted by Crippen LogP contribution is 2.37. The molecule has 1 N–H and O–H groups in total. The first-order valence-electron chi connectivity index (χ1n) is 8.13. The van der Waals surface area contributed by atoms with E-state index in [1.807, 2.05) is 17.8 Å². The standard InChI is InChI=1S/C17H27N3OS/c1-4-19(5-2)11-10-18-17(21)13-20-12-14(3)22-16-9-7-6-8-15(16)20/h6-9,14H,4-5,10-13H2,1-3H3,(H,18,21). The van der Waals surface area contributed by atoms with Crippen LogP contribution in [0.15, 0.2) is 29.2 Å². The second-order valence-corrected chi connectivity index (χ2v) is 7.13. The van der Waals surface area contributed by atoms with Crippen LogP contribution in [0.4, 0.5) is 5.69 Å². The van der Waals surface area contributed by atoms with Gasteiger partial charge in [-0.05, 0) is 25.2 Å². The van der Waals surface area contributed by atoms with E-state index in [1.54, 1.807) is 0 Å². The number of hydrogen-bond acceptors (Lipinski definition) is 4. The van der Waals surface area contributed by atoms with E-state index in [0.717, 1.165) is 32.7 Å². The number of fused-ring (bicyclic) bond motifs is 1. The topological polar surface area (TPSA) is 35.6 Å². The molecule has 4 nitrogen and oxygen atoms in total. The highest BCUT2D eigenvalue weighted by atomic mass is 32.2. The lowest BCUT2D eigenvalue weighted by Crippen LogP contribution is -2.43. The van der Waals surface area contributed by atoms with Crippen LogP contribution in [0, 0.1) is 0 Å². The van der Waals surface area contributed by atoms with Gasteiger partial charge in [-0.1, -0.05) is 32.9 Å². The number of likely N-dealkylation sites (N-methyl/N-ethyl adjacent to an activating group) is 1. The van der Waals surface area contributed by atoms with Crippen molar-refractivity contribution in [1.29, 1.82) is 0 Å². The minimum Gasteiger partial charge on any atom is -0.360 e. The Morgan fingerprint density at radius 2 is 2.09 bits per heavy atom.